The number of hydrogen-bond acceptors (Lipinski definition) is 8. The third-order valence-corrected chi connectivity index (χ3v) is 9.28. The van der Waals surface area contributed by atoms with E-state index in [-0.39, 0.29) is 0 Å². The predicted octanol–water partition coefficient (Wildman–Crippen LogP) is 3.79. The maximum Gasteiger partial charge on any atom is 0.252 e. The van der Waals surface area contributed by atoms with Crippen molar-refractivity contribution in [1.29, 1.82) is 0 Å². The molecule has 1 aliphatic rings. The third kappa shape index (κ3) is 4.93. The molecule has 3 heterocycles. The number of benzene rings is 1. The average molecular weight is 480 g/mol. The summed E-state index contributed by atoms with van der Waals surface area (Å²) in [6.07, 6.45) is 0. The number of rotatable bonds is 8. The fourth-order valence-corrected chi connectivity index (χ4v) is 6.86. The zero-order valence-electron chi connectivity index (χ0n) is 17.5. The molecular formula is C21H25N3O4S3. The SMILES string of the molecule is CCOc1ccc(-c2nc(CN3CCN(S(=O)(=O)c4cccs4)CC3)cs2)cc1OC. The van der Waals surface area contributed by atoms with Gasteiger partial charge in [0.15, 0.2) is 11.5 Å². The second kappa shape index (κ2) is 9.66. The quantitative estimate of drug-likeness (QED) is 0.490. The fourth-order valence-electron chi connectivity index (χ4n) is 3.48. The van der Waals surface area contributed by atoms with E-state index in [0.29, 0.717) is 49.3 Å². The second-order valence-electron chi connectivity index (χ2n) is 7.05. The van der Waals surface area contributed by atoms with E-state index in [1.54, 1.807) is 40.3 Å². The normalized spacial score (nSPS) is 15.8. The Labute approximate surface area is 190 Å². The van der Waals surface area contributed by atoms with Gasteiger partial charge in [-0.2, -0.15) is 4.31 Å². The summed E-state index contributed by atoms with van der Waals surface area (Å²) in [5.41, 5.74) is 1.98. The van der Waals surface area contributed by atoms with Gasteiger partial charge in [0.2, 0.25) is 0 Å². The molecular weight excluding hydrogens is 454 g/mol. The molecule has 0 N–H and O–H groups in total. The molecule has 0 amide bonds. The molecule has 1 saturated heterocycles. The van der Waals surface area contributed by atoms with Gasteiger partial charge in [-0.1, -0.05) is 6.07 Å². The van der Waals surface area contributed by atoms with Crippen LogP contribution in [0.5, 0.6) is 11.5 Å². The van der Waals surface area contributed by atoms with Crippen molar-refractivity contribution >= 4 is 32.7 Å². The van der Waals surface area contributed by atoms with E-state index in [0.717, 1.165) is 22.0 Å². The molecule has 3 aromatic rings. The second-order valence-corrected chi connectivity index (χ2v) is 11.0. The van der Waals surface area contributed by atoms with Crippen LogP contribution in [0.25, 0.3) is 10.6 Å². The number of sulfonamides is 1. The molecule has 0 aliphatic carbocycles. The lowest BCUT2D eigenvalue weighted by molar-refractivity contribution is 0.180. The maximum atomic E-state index is 12.7. The van der Waals surface area contributed by atoms with Crippen molar-refractivity contribution in [1.82, 2.24) is 14.2 Å². The zero-order valence-corrected chi connectivity index (χ0v) is 19.9. The summed E-state index contributed by atoms with van der Waals surface area (Å²) in [4.78, 5) is 7.03. The van der Waals surface area contributed by atoms with Gasteiger partial charge < -0.3 is 9.47 Å². The van der Waals surface area contributed by atoms with Crippen LogP contribution in [0.3, 0.4) is 0 Å². The molecule has 2 aromatic heterocycles. The lowest BCUT2D eigenvalue weighted by Crippen LogP contribution is -2.48. The van der Waals surface area contributed by atoms with Crippen molar-refractivity contribution in [2.24, 2.45) is 0 Å². The fraction of sp³-hybridized carbons (Fsp3) is 0.381. The molecule has 0 atom stereocenters. The third-order valence-electron chi connectivity index (χ3n) is 5.07. The van der Waals surface area contributed by atoms with Crippen LogP contribution in [0.1, 0.15) is 12.6 Å². The Balaban J connectivity index is 1.38. The smallest absolute Gasteiger partial charge is 0.252 e. The van der Waals surface area contributed by atoms with Gasteiger partial charge >= 0.3 is 0 Å². The minimum Gasteiger partial charge on any atom is -0.493 e. The molecule has 166 valence electrons. The van der Waals surface area contributed by atoms with E-state index < -0.39 is 10.0 Å². The maximum absolute atomic E-state index is 12.7. The highest BCUT2D eigenvalue weighted by atomic mass is 32.2. The molecule has 1 aromatic carbocycles. The summed E-state index contributed by atoms with van der Waals surface area (Å²) in [6, 6.07) is 9.28. The number of ether oxygens (including phenoxy) is 2. The topological polar surface area (TPSA) is 72.0 Å². The molecule has 0 radical (unpaired) electrons. The van der Waals surface area contributed by atoms with Crippen LogP contribution in [-0.2, 0) is 16.6 Å². The van der Waals surface area contributed by atoms with Crippen molar-refractivity contribution in [2.75, 3.05) is 39.9 Å². The monoisotopic (exact) mass is 479 g/mol. The van der Waals surface area contributed by atoms with E-state index >= 15 is 0 Å². The van der Waals surface area contributed by atoms with E-state index in [1.807, 2.05) is 25.1 Å². The molecule has 0 unspecified atom stereocenters. The lowest BCUT2D eigenvalue weighted by Gasteiger charge is -2.33. The summed E-state index contributed by atoms with van der Waals surface area (Å²) in [5.74, 6) is 1.42. The van der Waals surface area contributed by atoms with Crippen molar-refractivity contribution in [3.63, 3.8) is 0 Å². The van der Waals surface area contributed by atoms with Gasteiger partial charge in [-0.05, 0) is 36.6 Å². The molecule has 0 saturated carbocycles. The van der Waals surface area contributed by atoms with Gasteiger partial charge in [0.25, 0.3) is 10.0 Å². The summed E-state index contributed by atoms with van der Waals surface area (Å²) < 4.78 is 38.4. The van der Waals surface area contributed by atoms with Crippen LogP contribution in [-0.4, -0.2) is 62.5 Å². The van der Waals surface area contributed by atoms with Crippen LogP contribution in [0.2, 0.25) is 0 Å². The van der Waals surface area contributed by atoms with Crippen LogP contribution < -0.4 is 9.47 Å². The van der Waals surface area contributed by atoms with Gasteiger partial charge in [0.1, 0.15) is 9.22 Å². The van der Waals surface area contributed by atoms with Gasteiger partial charge in [-0.15, -0.1) is 22.7 Å². The first-order chi connectivity index (χ1) is 15.0. The molecule has 1 fully saturated rings. The molecule has 0 bridgehead atoms. The molecule has 7 nitrogen and oxygen atoms in total. The molecule has 10 heteroatoms. The van der Waals surface area contributed by atoms with Crippen LogP contribution in [0.15, 0.2) is 45.3 Å². The van der Waals surface area contributed by atoms with Crippen molar-refractivity contribution < 1.29 is 17.9 Å². The van der Waals surface area contributed by atoms with Crippen molar-refractivity contribution in [2.45, 2.75) is 17.7 Å². The lowest BCUT2D eigenvalue weighted by atomic mass is 10.2. The largest absolute Gasteiger partial charge is 0.493 e. The molecule has 31 heavy (non-hydrogen) atoms. The van der Waals surface area contributed by atoms with E-state index in [9.17, 15) is 8.42 Å². The summed E-state index contributed by atoms with van der Waals surface area (Å²) in [7, 11) is -1.74. The van der Waals surface area contributed by atoms with Crippen molar-refractivity contribution in [3.8, 4) is 22.1 Å². The Bertz CT molecular complexity index is 1100. The van der Waals surface area contributed by atoms with Crippen LogP contribution >= 0.6 is 22.7 Å². The first kappa shape index (κ1) is 22.2. The highest BCUT2D eigenvalue weighted by molar-refractivity contribution is 7.91. The Hall–Kier alpha value is -1.98. The highest BCUT2D eigenvalue weighted by Crippen LogP contribution is 2.34. The number of thiazole rings is 1. The predicted molar refractivity (Wildman–Crippen MR) is 124 cm³/mol. The average Bonchev–Trinajstić information content (AvgIpc) is 3.47. The minimum atomic E-state index is -3.37. The van der Waals surface area contributed by atoms with Crippen molar-refractivity contribution in [3.05, 3.63) is 46.8 Å². The summed E-state index contributed by atoms with van der Waals surface area (Å²) in [5, 5.41) is 4.78. The number of methoxy groups -OCH3 is 1. The number of aromatic nitrogens is 1. The highest BCUT2D eigenvalue weighted by Gasteiger charge is 2.29. The standard InChI is InChI=1S/C21H25N3O4S3/c1-3-28-18-7-6-16(13-19(18)27-2)21-22-17(15-30-21)14-23-8-10-24(11-9-23)31(25,26)20-5-4-12-29-20/h4-7,12-13,15H,3,8-11,14H2,1-2H3. The van der Waals surface area contributed by atoms with Crippen LogP contribution in [0, 0.1) is 0 Å². The Morgan fingerprint density at radius 1 is 1.10 bits per heavy atom. The minimum absolute atomic E-state index is 0.413. The van der Waals surface area contributed by atoms with E-state index in [1.165, 1.54) is 11.3 Å². The molecule has 1 aliphatic heterocycles. The Morgan fingerprint density at radius 2 is 1.90 bits per heavy atom. The van der Waals surface area contributed by atoms with Gasteiger partial charge in [0, 0.05) is 43.7 Å². The molecule has 0 spiro atoms. The van der Waals surface area contributed by atoms with Gasteiger partial charge in [-0.25, -0.2) is 13.4 Å². The van der Waals surface area contributed by atoms with Gasteiger partial charge in [0.05, 0.1) is 19.4 Å². The van der Waals surface area contributed by atoms with E-state index in [2.05, 4.69) is 10.3 Å². The summed E-state index contributed by atoms with van der Waals surface area (Å²) >= 11 is 2.86. The number of nitrogens with zero attached hydrogens (tertiary/aromatic N) is 3. The van der Waals surface area contributed by atoms with Gasteiger partial charge in [-0.3, -0.25) is 4.90 Å². The number of piperazine rings is 1. The number of hydrogen-bond donors (Lipinski definition) is 0. The Morgan fingerprint density at radius 3 is 2.58 bits per heavy atom. The summed E-state index contributed by atoms with van der Waals surface area (Å²) in [6.45, 7) is 5.59. The molecule has 4 rings (SSSR count). The number of thiophene rings is 1. The van der Waals surface area contributed by atoms with Crippen LogP contribution in [0.4, 0.5) is 0 Å². The first-order valence-corrected chi connectivity index (χ1v) is 13.2. The van der Waals surface area contributed by atoms with E-state index in [4.69, 9.17) is 14.5 Å². The first-order valence-electron chi connectivity index (χ1n) is 10.0. The Kier molecular flexibility index (Phi) is 6.92. The zero-order chi connectivity index (χ0) is 21.8.